The summed E-state index contributed by atoms with van der Waals surface area (Å²) in [5.74, 6) is 0.0211. The number of aliphatic hydroxyl groups excluding tert-OH is 1. The highest BCUT2D eigenvalue weighted by Gasteiger charge is 2.31. The Labute approximate surface area is 114 Å². The molecule has 1 aliphatic heterocycles. The maximum Gasteiger partial charge on any atom is 0.304 e. The third-order valence-electron chi connectivity index (χ3n) is 3.44. The van der Waals surface area contributed by atoms with E-state index in [2.05, 4.69) is 0 Å². The topological polar surface area (TPSA) is 83.7 Å². The van der Waals surface area contributed by atoms with Gasteiger partial charge in [0.25, 0.3) is 0 Å². The smallest absolute Gasteiger partial charge is 0.304 e. The Morgan fingerprint density at radius 1 is 1.63 bits per heavy atom. The van der Waals surface area contributed by atoms with E-state index in [0.29, 0.717) is 23.0 Å². The summed E-state index contributed by atoms with van der Waals surface area (Å²) < 4.78 is 0. The van der Waals surface area contributed by atoms with Gasteiger partial charge in [-0.3, -0.25) is 14.9 Å². The average Bonchev–Trinajstić information content (AvgIpc) is 2.78. The van der Waals surface area contributed by atoms with Crippen molar-refractivity contribution in [1.29, 1.82) is 0 Å². The Balaban J connectivity index is 2.33. The monoisotopic (exact) mass is 284 g/mol. The van der Waals surface area contributed by atoms with Gasteiger partial charge in [0.15, 0.2) is 10.8 Å². The number of ketones is 1. The fraction of sp³-hybridized carbons (Fsp3) is 0.583. The van der Waals surface area contributed by atoms with Crippen LogP contribution < -0.4 is 4.90 Å². The minimum Gasteiger partial charge on any atom is -0.391 e. The predicted molar refractivity (Wildman–Crippen MR) is 73.0 cm³/mol. The van der Waals surface area contributed by atoms with Crippen LogP contribution in [0.3, 0.4) is 0 Å². The summed E-state index contributed by atoms with van der Waals surface area (Å²) in [6.07, 6.45) is 0.294. The molecule has 0 spiro atoms. The molecule has 1 saturated heterocycles. The van der Waals surface area contributed by atoms with Gasteiger partial charge < -0.3 is 10.0 Å². The predicted octanol–water partition coefficient (Wildman–Crippen LogP) is 2.07. The average molecular weight is 284 g/mol. The van der Waals surface area contributed by atoms with Gasteiger partial charge in [-0.25, -0.2) is 0 Å². The van der Waals surface area contributed by atoms with Gasteiger partial charge >= 0.3 is 5.69 Å². The first-order valence-electron chi connectivity index (χ1n) is 6.12. The van der Waals surface area contributed by atoms with Gasteiger partial charge in [0.1, 0.15) is 0 Å². The summed E-state index contributed by atoms with van der Waals surface area (Å²) in [5, 5.41) is 21.4. The van der Waals surface area contributed by atoms with Crippen LogP contribution in [0.2, 0.25) is 0 Å². The molecular formula is C12H16N2O4S. The SMILES string of the molecule is CC(=O)c1cc([N+](=O)[O-])c(N2CCC(C)C(O)C2)s1. The molecule has 7 heteroatoms. The molecule has 1 aromatic heterocycles. The molecule has 19 heavy (non-hydrogen) atoms. The number of nitrogens with zero attached hydrogens (tertiary/aromatic N) is 2. The van der Waals surface area contributed by atoms with Crippen LogP contribution in [0, 0.1) is 16.0 Å². The number of aliphatic hydroxyl groups is 1. The number of hydrogen-bond donors (Lipinski definition) is 1. The van der Waals surface area contributed by atoms with Crippen LogP contribution in [-0.2, 0) is 0 Å². The minimum atomic E-state index is -0.490. The van der Waals surface area contributed by atoms with Crippen molar-refractivity contribution >= 4 is 27.8 Å². The van der Waals surface area contributed by atoms with Crippen LogP contribution in [0.25, 0.3) is 0 Å². The first kappa shape index (κ1) is 14.0. The molecule has 1 fully saturated rings. The minimum absolute atomic E-state index is 0.0445. The number of rotatable bonds is 3. The van der Waals surface area contributed by atoms with Gasteiger partial charge in [-0.05, 0) is 19.3 Å². The molecule has 0 amide bonds. The second-order valence-corrected chi connectivity index (χ2v) is 5.92. The number of piperidine rings is 1. The zero-order chi connectivity index (χ0) is 14.2. The van der Waals surface area contributed by atoms with Crippen molar-refractivity contribution in [3.05, 3.63) is 21.1 Å². The second kappa shape index (κ2) is 5.26. The highest BCUT2D eigenvalue weighted by atomic mass is 32.1. The van der Waals surface area contributed by atoms with Gasteiger partial charge in [-0.15, -0.1) is 11.3 Å². The van der Waals surface area contributed by atoms with Gasteiger partial charge in [0.05, 0.1) is 15.9 Å². The van der Waals surface area contributed by atoms with E-state index in [1.807, 2.05) is 6.92 Å². The number of thiophene rings is 1. The highest BCUT2D eigenvalue weighted by Crippen LogP contribution is 2.39. The number of hydrogen-bond acceptors (Lipinski definition) is 6. The van der Waals surface area contributed by atoms with E-state index >= 15 is 0 Å². The zero-order valence-electron chi connectivity index (χ0n) is 10.8. The van der Waals surface area contributed by atoms with E-state index in [9.17, 15) is 20.0 Å². The third-order valence-corrected chi connectivity index (χ3v) is 4.73. The molecule has 0 aliphatic carbocycles. The fourth-order valence-electron chi connectivity index (χ4n) is 2.14. The largest absolute Gasteiger partial charge is 0.391 e. The molecule has 2 rings (SSSR count). The number of anilines is 1. The van der Waals surface area contributed by atoms with Crippen LogP contribution in [0.4, 0.5) is 10.7 Å². The highest BCUT2D eigenvalue weighted by molar-refractivity contribution is 7.18. The second-order valence-electron chi connectivity index (χ2n) is 4.89. The van der Waals surface area contributed by atoms with Crippen molar-refractivity contribution in [2.45, 2.75) is 26.4 Å². The summed E-state index contributed by atoms with van der Waals surface area (Å²) in [7, 11) is 0. The number of carbonyl (C=O) groups excluding carboxylic acids is 1. The van der Waals surface area contributed by atoms with Crippen molar-refractivity contribution < 1.29 is 14.8 Å². The maximum absolute atomic E-state index is 11.4. The standard InChI is InChI=1S/C12H16N2O4S/c1-7-3-4-13(6-10(7)16)12-9(14(17)18)5-11(19-12)8(2)15/h5,7,10,16H,3-4,6H2,1-2H3. The Kier molecular flexibility index (Phi) is 3.86. The van der Waals surface area contributed by atoms with Crippen molar-refractivity contribution in [2.24, 2.45) is 5.92 Å². The van der Waals surface area contributed by atoms with E-state index < -0.39 is 11.0 Å². The van der Waals surface area contributed by atoms with E-state index in [-0.39, 0.29) is 17.4 Å². The molecule has 1 aliphatic rings. The summed E-state index contributed by atoms with van der Waals surface area (Å²) in [6.45, 7) is 4.40. The summed E-state index contributed by atoms with van der Waals surface area (Å²) in [4.78, 5) is 24.1. The molecule has 2 unspecified atom stereocenters. The molecule has 1 N–H and O–H groups in total. The van der Waals surface area contributed by atoms with Crippen LogP contribution >= 0.6 is 11.3 Å². The molecular weight excluding hydrogens is 268 g/mol. The van der Waals surface area contributed by atoms with E-state index in [0.717, 1.165) is 17.8 Å². The zero-order valence-corrected chi connectivity index (χ0v) is 11.6. The molecule has 0 radical (unpaired) electrons. The molecule has 0 aromatic carbocycles. The lowest BCUT2D eigenvalue weighted by molar-refractivity contribution is -0.383. The van der Waals surface area contributed by atoms with Crippen LogP contribution in [-0.4, -0.2) is 35.0 Å². The molecule has 2 atom stereocenters. The van der Waals surface area contributed by atoms with Crippen molar-refractivity contribution in [2.75, 3.05) is 18.0 Å². The van der Waals surface area contributed by atoms with Crippen LogP contribution in [0.15, 0.2) is 6.07 Å². The van der Waals surface area contributed by atoms with Crippen molar-refractivity contribution in [3.63, 3.8) is 0 Å². The summed E-state index contributed by atoms with van der Waals surface area (Å²) in [6, 6.07) is 1.33. The Morgan fingerprint density at radius 3 is 2.84 bits per heavy atom. The number of β-amino-alcohol motifs (C(OH)–C–C–N with tert-alkyl or cyclic N) is 1. The van der Waals surface area contributed by atoms with Gasteiger partial charge in [0.2, 0.25) is 0 Å². The first-order valence-corrected chi connectivity index (χ1v) is 6.94. The van der Waals surface area contributed by atoms with Crippen LogP contribution in [0.1, 0.15) is 29.9 Å². The first-order chi connectivity index (χ1) is 8.90. The normalized spacial score (nSPS) is 23.4. The lowest BCUT2D eigenvalue weighted by Gasteiger charge is -2.34. The lowest BCUT2D eigenvalue weighted by Crippen LogP contribution is -2.42. The molecule has 104 valence electrons. The molecule has 2 heterocycles. The third kappa shape index (κ3) is 2.76. The lowest BCUT2D eigenvalue weighted by atomic mass is 9.96. The Hall–Kier alpha value is -1.47. The van der Waals surface area contributed by atoms with E-state index in [1.54, 1.807) is 4.90 Å². The van der Waals surface area contributed by atoms with E-state index in [4.69, 9.17) is 0 Å². The Bertz CT molecular complexity index is 514. The fourth-order valence-corrected chi connectivity index (χ4v) is 3.19. The van der Waals surface area contributed by atoms with Gasteiger partial charge in [0, 0.05) is 19.2 Å². The molecule has 6 nitrogen and oxygen atoms in total. The molecule has 0 bridgehead atoms. The maximum atomic E-state index is 11.4. The van der Waals surface area contributed by atoms with Crippen LogP contribution in [0.5, 0.6) is 0 Å². The van der Waals surface area contributed by atoms with Crippen molar-refractivity contribution in [3.8, 4) is 0 Å². The van der Waals surface area contributed by atoms with E-state index in [1.165, 1.54) is 13.0 Å². The number of Topliss-reactive ketones (excluding diaryl/α,β-unsaturated/α-hetero) is 1. The number of carbonyl (C=O) groups is 1. The quantitative estimate of drug-likeness (QED) is 0.522. The molecule has 0 saturated carbocycles. The van der Waals surface area contributed by atoms with Crippen molar-refractivity contribution in [1.82, 2.24) is 0 Å². The number of nitro groups is 1. The van der Waals surface area contributed by atoms with Gasteiger partial charge in [-0.2, -0.15) is 0 Å². The summed E-state index contributed by atoms with van der Waals surface area (Å²) >= 11 is 1.13. The Morgan fingerprint density at radius 2 is 2.32 bits per heavy atom. The molecule has 1 aromatic rings. The van der Waals surface area contributed by atoms with Gasteiger partial charge in [-0.1, -0.05) is 6.92 Å². The summed E-state index contributed by atoms with van der Waals surface area (Å²) in [5.41, 5.74) is -0.0445.